The fraction of sp³-hybridized carbons (Fsp3) is 0. The molecule has 0 aliphatic heterocycles. The summed E-state index contributed by atoms with van der Waals surface area (Å²) in [4.78, 5) is 0. The van der Waals surface area contributed by atoms with E-state index in [1.807, 2.05) is 0 Å². The van der Waals surface area contributed by atoms with Crippen LogP contribution in [-0.4, -0.2) is 7.85 Å². The van der Waals surface area contributed by atoms with Gasteiger partial charge in [-0.05, 0) is 12.1 Å². The zero-order chi connectivity index (χ0) is 12.2. The Hall–Kier alpha value is -1.41. The highest BCUT2D eigenvalue weighted by Crippen LogP contribution is 2.31. The van der Waals surface area contributed by atoms with Crippen molar-refractivity contribution in [2.75, 3.05) is 0 Å². The summed E-state index contributed by atoms with van der Waals surface area (Å²) in [5.41, 5.74) is 1.42. The van der Waals surface area contributed by atoms with Crippen LogP contribution in [0.25, 0.3) is 21.9 Å². The highest BCUT2D eigenvalue weighted by molar-refractivity contribution is 6.44. The Labute approximate surface area is 95.9 Å². The molecule has 0 atom stereocenters. The van der Waals surface area contributed by atoms with E-state index in [9.17, 15) is 0 Å². The first-order chi connectivity index (χ1) is 8.08. The zero-order valence-corrected chi connectivity index (χ0v) is 8.43. The number of hydrogen-bond acceptors (Lipinski definition) is 1. The van der Waals surface area contributed by atoms with Gasteiger partial charge in [0.25, 0.3) is 0 Å². The number of hydrogen-bond donors (Lipinski definition) is 0. The van der Waals surface area contributed by atoms with Gasteiger partial charge in [0.15, 0.2) is 5.58 Å². The third-order valence-electron chi connectivity index (χ3n) is 2.37. The van der Waals surface area contributed by atoms with Crippen LogP contribution in [-0.2, 0) is 0 Å². The summed E-state index contributed by atoms with van der Waals surface area (Å²) < 4.78 is 20.9. The molecule has 2 aromatic carbocycles. The van der Waals surface area contributed by atoms with E-state index in [1.54, 1.807) is 18.2 Å². The number of fused-ring (bicyclic) bond motifs is 3. The lowest BCUT2D eigenvalue weighted by molar-refractivity contribution is 0.669. The molecule has 0 fully saturated rings. The molecule has 0 aliphatic rings. The monoisotopic (exact) mass is 214 g/mol. The standard InChI is InChI=1S/C12H6BClO/c13-8-5-6-9(14)12-11(8)7-3-1-2-4-10(7)15-12/h1-6H/i1D,5D. The van der Waals surface area contributed by atoms with Crippen LogP contribution in [0.3, 0.4) is 0 Å². The van der Waals surface area contributed by atoms with E-state index in [0.717, 1.165) is 5.39 Å². The molecule has 1 nitrogen and oxygen atoms in total. The number of benzene rings is 2. The summed E-state index contributed by atoms with van der Waals surface area (Å²) in [5.74, 6) is 0. The summed E-state index contributed by atoms with van der Waals surface area (Å²) in [6.45, 7) is 0. The predicted molar refractivity (Wildman–Crippen MR) is 64.1 cm³/mol. The van der Waals surface area contributed by atoms with Crippen molar-refractivity contribution in [2.24, 2.45) is 0 Å². The first-order valence-corrected chi connectivity index (χ1v) is 4.83. The third kappa shape index (κ3) is 1.18. The van der Waals surface area contributed by atoms with Crippen molar-refractivity contribution >= 4 is 46.8 Å². The summed E-state index contributed by atoms with van der Waals surface area (Å²) in [7, 11) is 5.88. The van der Waals surface area contributed by atoms with Crippen LogP contribution < -0.4 is 5.46 Å². The summed E-state index contributed by atoms with van der Waals surface area (Å²) in [5, 5.41) is 1.70. The van der Waals surface area contributed by atoms with Crippen LogP contribution in [0.15, 0.2) is 40.8 Å². The minimum Gasteiger partial charge on any atom is -0.455 e. The molecule has 2 radical (unpaired) electrons. The predicted octanol–water partition coefficient (Wildman–Crippen LogP) is 3.03. The molecule has 3 rings (SSSR count). The van der Waals surface area contributed by atoms with E-state index in [0.29, 0.717) is 33.1 Å². The van der Waals surface area contributed by atoms with Gasteiger partial charge in [0.1, 0.15) is 13.4 Å². The molecule has 0 amide bonds. The van der Waals surface area contributed by atoms with Crippen LogP contribution in [0.5, 0.6) is 0 Å². The molecule has 15 heavy (non-hydrogen) atoms. The van der Waals surface area contributed by atoms with Gasteiger partial charge in [-0.2, -0.15) is 0 Å². The molecule has 0 spiro atoms. The van der Waals surface area contributed by atoms with E-state index in [-0.39, 0.29) is 6.04 Å². The van der Waals surface area contributed by atoms with E-state index in [4.69, 9.17) is 26.6 Å². The molecule has 0 unspecified atom stereocenters. The number of halogens is 1. The molecular formula is C12H6BClO. The number of rotatable bonds is 0. The zero-order valence-electron chi connectivity index (χ0n) is 9.67. The Bertz CT molecular complexity index is 751. The minimum absolute atomic E-state index is 0.167. The van der Waals surface area contributed by atoms with Gasteiger partial charge in [-0.3, -0.25) is 0 Å². The Balaban J connectivity index is 2.63. The molecule has 70 valence electrons. The minimum atomic E-state index is 0.167. The van der Waals surface area contributed by atoms with Gasteiger partial charge in [0, 0.05) is 10.8 Å². The van der Waals surface area contributed by atoms with Crippen molar-refractivity contribution in [3.05, 3.63) is 41.4 Å². The SMILES string of the molecule is [2H]c1ccc2oc3c(Cl)cc([2H])c([B])c3c2c1. The molecule has 1 heterocycles. The highest BCUT2D eigenvalue weighted by atomic mass is 35.5. The van der Waals surface area contributed by atoms with Crippen LogP contribution >= 0.6 is 11.6 Å². The maximum atomic E-state index is 7.71. The molecule has 0 N–H and O–H groups in total. The topological polar surface area (TPSA) is 13.1 Å². The van der Waals surface area contributed by atoms with Crippen molar-refractivity contribution in [2.45, 2.75) is 0 Å². The van der Waals surface area contributed by atoms with Crippen molar-refractivity contribution in [1.82, 2.24) is 0 Å². The van der Waals surface area contributed by atoms with Crippen molar-refractivity contribution < 1.29 is 7.16 Å². The first-order valence-electron chi connectivity index (χ1n) is 5.45. The maximum Gasteiger partial charge on any atom is 0.153 e. The molecule has 0 aliphatic carbocycles. The normalized spacial score (nSPS) is 13.1. The fourth-order valence-corrected chi connectivity index (χ4v) is 1.89. The molecule has 0 saturated heterocycles. The largest absolute Gasteiger partial charge is 0.455 e. The molecule has 1 aromatic heterocycles. The fourth-order valence-electron chi connectivity index (χ4n) is 1.70. The molecular weight excluding hydrogens is 206 g/mol. The van der Waals surface area contributed by atoms with Crippen molar-refractivity contribution in [3.63, 3.8) is 0 Å². The van der Waals surface area contributed by atoms with E-state index < -0.39 is 0 Å². The lowest BCUT2D eigenvalue weighted by Crippen LogP contribution is -2.01. The van der Waals surface area contributed by atoms with Crippen LogP contribution in [0, 0.1) is 0 Å². The van der Waals surface area contributed by atoms with Gasteiger partial charge in [0.05, 0.1) is 7.76 Å². The molecule has 0 bridgehead atoms. The van der Waals surface area contributed by atoms with Gasteiger partial charge in [0.2, 0.25) is 0 Å². The second kappa shape index (κ2) is 3.04. The Morgan fingerprint density at radius 2 is 2.20 bits per heavy atom. The van der Waals surface area contributed by atoms with Gasteiger partial charge in [-0.15, -0.1) is 0 Å². The van der Waals surface area contributed by atoms with E-state index >= 15 is 0 Å². The lowest BCUT2D eigenvalue weighted by Gasteiger charge is -1.96. The van der Waals surface area contributed by atoms with E-state index in [1.165, 1.54) is 6.07 Å². The Morgan fingerprint density at radius 1 is 1.33 bits per heavy atom. The number of para-hydroxylation sites is 1. The average Bonchev–Trinajstić information content (AvgIpc) is 2.65. The molecule has 0 saturated carbocycles. The highest BCUT2D eigenvalue weighted by Gasteiger charge is 2.10. The maximum absolute atomic E-state index is 7.71. The molecule has 3 heteroatoms. The first kappa shape index (κ1) is 6.97. The van der Waals surface area contributed by atoms with Crippen LogP contribution in [0.4, 0.5) is 0 Å². The van der Waals surface area contributed by atoms with E-state index in [2.05, 4.69) is 0 Å². The summed E-state index contributed by atoms with van der Waals surface area (Å²) in [6.07, 6.45) is 0. The van der Waals surface area contributed by atoms with Gasteiger partial charge in [-0.1, -0.05) is 41.3 Å². The summed E-state index contributed by atoms with van der Waals surface area (Å²) >= 11 is 6.03. The Morgan fingerprint density at radius 3 is 3.07 bits per heavy atom. The van der Waals surface area contributed by atoms with Crippen molar-refractivity contribution in [1.29, 1.82) is 0 Å². The quantitative estimate of drug-likeness (QED) is 0.524. The smallest absolute Gasteiger partial charge is 0.153 e. The second-order valence-corrected chi connectivity index (χ2v) is 3.69. The van der Waals surface area contributed by atoms with Crippen LogP contribution in [0.1, 0.15) is 2.74 Å². The Kier molecular flexibility index (Phi) is 1.41. The number of furan rings is 1. The van der Waals surface area contributed by atoms with Crippen molar-refractivity contribution in [3.8, 4) is 0 Å². The van der Waals surface area contributed by atoms with Gasteiger partial charge < -0.3 is 4.42 Å². The van der Waals surface area contributed by atoms with Crippen LogP contribution in [0.2, 0.25) is 5.02 Å². The second-order valence-electron chi connectivity index (χ2n) is 3.28. The average molecular weight is 214 g/mol. The van der Waals surface area contributed by atoms with Gasteiger partial charge >= 0.3 is 0 Å². The van der Waals surface area contributed by atoms with Gasteiger partial charge in [-0.25, -0.2) is 0 Å². The molecule has 3 aromatic rings. The summed E-state index contributed by atoms with van der Waals surface area (Å²) in [6, 6.07) is 7.00. The third-order valence-corrected chi connectivity index (χ3v) is 2.65. The lowest BCUT2D eigenvalue weighted by atomic mass is 9.91.